The van der Waals surface area contributed by atoms with E-state index < -0.39 is 5.54 Å². The molecule has 0 bridgehead atoms. The highest BCUT2D eigenvalue weighted by Gasteiger charge is 2.35. The predicted octanol–water partition coefficient (Wildman–Crippen LogP) is 2.06. The Morgan fingerprint density at radius 3 is 2.47 bits per heavy atom. The summed E-state index contributed by atoms with van der Waals surface area (Å²) in [4.78, 5) is 14.3. The van der Waals surface area contributed by atoms with E-state index in [0.29, 0.717) is 23.4 Å². The van der Waals surface area contributed by atoms with E-state index in [1.165, 1.54) is 0 Å². The summed E-state index contributed by atoms with van der Waals surface area (Å²) in [5, 5.41) is 12.8. The van der Waals surface area contributed by atoms with E-state index in [2.05, 4.69) is 16.3 Å². The van der Waals surface area contributed by atoms with Crippen molar-refractivity contribution in [3.8, 4) is 6.07 Å². The van der Waals surface area contributed by atoms with Crippen LogP contribution in [0, 0.1) is 11.3 Å². The molecule has 1 aromatic carbocycles. The Kier molecular flexibility index (Phi) is 4.08. The molecule has 100 valence electrons. The van der Waals surface area contributed by atoms with Crippen molar-refractivity contribution in [2.24, 2.45) is 0 Å². The Morgan fingerprint density at radius 1 is 1.37 bits per heavy atom. The smallest absolute Gasteiger partial charge is 0.252 e. The normalized spacial score (nSPS) is 18.6. The number of nitriles is 1. The second-order valence-corrected chi connectivity index (χ2v) is 5.39. The molecule has 0 aliphatic carbocycles. The van der Waals surface area contributed by atoms with Gasteiger partial charge in [-0.2, -0.15) is 5.26 Å². The minimum atomic E-state index is -0.747. The van der Waals surface area contributed by atoms with Crippen molar-refractivity contribution in [1.29, 1.82) is 5.26 Å². The zero-order chi connectivity index (χ0) is 13.9. The molecule has 2 rings (SSSR count). The molecule has 1 aliphatic heterocycles. The van der Waals surface area contributed by atoms with Crippen LogP contribution in [0.1, 0.15) is 23.2 Å². The Balaban J connectivity index is 2.09. The van der Waals surface area contributed by atoms with Crippen LogP contribution in [0.5, 0.6) is 0 Å². The summed E-state index contributed by atoms with van der Waals surface area (Å²) >= 11 is 5.79. The van der Waals surface area contributed by atoms with Gasteiger partial charge >= 0.3 is 0 Å². The molecule has 0 unspecified atom stereocenters. The van der Waals surface area contributed by atoms with Crippen molar-refractivity contribution < 1.29 is 4.79 Å². The Bertz CT molecular complexity index is 498. The monoisotopic (exact) mass is 277 g/mol. The van der Waals surface area contributed by atoms with Crippen molar-refractivity contribution in [1.82, 2.24) is 10.2 Å². The maximum atomic E-state index is 12.2. The summed E-state index contributed by atoms with van der Waals surface area (Å²) in [7, 11) is 2.02. The van der Waals surface area contributed by atoms with Gasteiger partial charge in [0.05, 0.1) is 6.07 Å². The van der Waals surface area contributed by atoms with Crippen molar-refractivity contribution in [2.75, 3.05) is 20.1 Å². The molecule has 0 spiro atoms. The van der Waals surface area contributed by atoms with E-state index in [0.717, 1.165) is 13.1 Å². The van der Waals surface area contributed by atoms with Crippen LogP contribution in [0.2, 0.25) is 5.02 Å². The third-order valence-corrected chi connectivity index (χ3v) is 3.77. The van der Waals surface area contributed by atoms with Gasteiger partial charge in [-0.25, -0.2) is 0 Å². The first kappa shape index (κ1) is 13.9. The molecular weight excluding hydrogens is 262 g/mol. The summed E-state index contributed by atoms with van der Waals surface area (Å²) < 4.78 is 0. The molecular formula is C14H16ClN3O. The van der Waals surface area contributed by atoms with Gasteiger partial charge in [-0.1, -0.05) is 11.6 Å². The van der Waals surface area contributed by atoms with Crippen LogP contribution in [-0.4, -0.2) is 36.5 Å². The lowest BCUT2D eigenvalue weighted by molar-refractivity contribution is 0.0882. The third-order valence-electron chi connectivity index (χ3n) is 3.51. The SMILES string of the molecule is CN1CCC(C#N)(NC(=O)c2ccc(Cl)cc2)CC1. The number of rotatable bonds is 2. The molecule has 0 saturated carbocycles. The van der Waals surface area contributed by atoms with E-state index in [1.807, 2.05) is 7.05 Å². The van der Waals surface area contributed by atoms with Crippen molar-refractivity contribution in [2.45, 2.75) is 18.4 Å². The number of likely N-dealkylation sites (tertiary alicyclic amines) is 1. The van der Waals surface area contributed by atoms with Crippen LogP contribution >= 0.6 is 11.6 Å². The first-order valence-electron chi connectivity index (χ1n) is 6.22. The maximum absolute atomic E-state index is 12.2. The number of amides is 1. The van der Waals surface area contributed by atoms with Gasteiger partial charge in [0, 0.05) is 23.7 Å². The van der Waals surface area contributed by atoms with Crippen LogP contribution in [-0.2, 0) is 0 Å². The quantitative estimate of drug-likeness (QED) is 0.900. The molecule has 1 N–H and O–H groups in total. The van der Waals surface area contributed by atoms with Gasteiger partial charge < -0.3 is 10.2 Å². The summed E-state index contributed by atoms with van der Waals surface area (Å²) in [5.74, 6) is -0.220. The van der Waals surface area contributed by atoms with Crippen LogP contribution in [0.4, 0.5) is 0 Å². The van der Waals surface area contributed by atoms with Gasteiger partial charge in [-0.3, -0.25) is 4.79 Å². The molecule has 1 aromatic rings. The largest absolute Gasteiger partial charge is 0.334 e. The molecule has 1 heterocycles. The summed E-state index contributed by atoms with van der Waals surface area (Å²) in [6, 6.07) is 8.94. The minimum absolute atomic E-state index is 0.220. The molecule has 19 heavy (non-hydrogen) atoms. The van der Waals surface area contributed by atoms with Gasteiger partial charge in [0.1, 0.15) is 5.54 Å². The standard InChI is InChI=1S/C14H16ClN3O/c1-18-8-6-14(10-16,7-9-18)17-13(19)11-2-4-12(15)5-3-11/h2-5H,6-9H2,1H3,(H,17,19). The van der Waals surface area contributed by atoms with Gasteiger partial charge in [0.2, 0.25) is 0 Å². The molecule has 0 aromatic heterocycles. The number of hydrogen-bond acceptors (Lipinski definition) is 3. The average molecular weight is 278 g/mol. The first-order chi connectivity index (χ1) is 9.04. The maximum Gasteiger partial charge on any atom is 0.252 e. The van der Waals surface area contributed by atoms with E-state index in [1.54, 1.807) is 24.3 Å². The Hall–Kier alpha value is -1.57. The molecule has 1 amide bonds. The van der Waals surface area contributed by atoms with E-state index in [9.17, 15) is 10.1 Å². The highest BCUT2D eigenvalue weighted by molar-refractivity contribution is 6.30. The summed E-state index contributed by atoms with van der Waals surface area (Å²) in [6.45, 7) is 1.63. The summed E-state index contributed by atoms with van der Waals surface area (Å²) in [5.41, 5.74) is -0.221. The fraction of sp³-hybridized carbons (Fsp3) is 0.429. The number of halogens is 1. The van der Waals surface area contributed by atoms with Crippen molar-refractivity contribution in [3.63, 3.8) is 0 Å². The van der Waals surface area contributed by atoms with E-state index >= 15 is 0 Å². The first-order valence-corrected chi connectivity index (χ1v) is 6.60. The number of carbonyl (C=O) groups excluding carboxylic acids is 1. The number of piperidine rings is 1. The number of nitrogens with zero attached hydrogens (tertiary/aromatic N) is 2. The number of nitrogens with one attached hydrogen (secondary N) is 1. The van der Waals surface area contributed by atoms with Gasteiger partial charge in [-0.05, 0) is 44.2 Å². The number of hydrogen-bond donors (Lipinski definition) is 1. The highest BCUT2D eigenvalue weighted by Crippen LogP contribution is 2.21. The van der Waals surface area contributed by atoms with Gasteiger partial charge in [0.25, 0.3) is 5.91 Å². The lowest BCUT2D eigenvalue weighted by Crippen LogP contribution is -2.53. The summed E-state index contributed by atoms with van der Waals surface area (Å²) in [6.07, 6.45) is 1.30. The lowest BCUT2D eigenvalue weighted by Gasteiger charge is -2.36. The predicted molar refractivity (Wildman–Crippen MR) is 74.0 cm³/mol. The topological polar surface area (TPSA) is 56.1 Å². The zero-order valence-electron chi connectivity index (χ0n) is 10.8. The van der Waals surface area contributed by atoms with E-state index in [-0.39, 0.29) is 5.91 Å². The lowest BCUT2D eigenvalue weighted by atomic mass is 9.89. The molecule has 1 fully saturated rings. The minimum Gasteiger partial charge on any atom is -0.334 e. The van der Waals surface area contributed by atoms with E-state index in [4.69, 9.17) is 11.6 Å². The second kappa shape index (κ2) is 5.60. The van der Waals surface area contributed by atoms with Crippen LogP contribution in [0.3, 0.4) is 0 Å². The molecule has 1 saturated heterocycles. The zero-order valence-corrected chi connectivity index (χ0v) is 11.6. The van der Waals surface area contributed by atoms with Crippen LogP contribution in [0.25, 0.3) is 0 Å². The van der Waals surface area contributed by atoms with Crippen LogP contribution < -0.4 is 5.32 Å². The molecule has 0 radical (unpaired) electrons. The van der Waals surface area contributed by atoms with Crippen molar-refractivity contribution >= 4 is 17.5 Å². The molecule has 0 atom stereocenters. The highest BCUT2D eigenvalue weighted by atomic mass is 35.5. The number of benzene rings is 1. The van der Waals surface area contributed by atoms with Gasteiger partial charge in [-0.15, -0.1) is 0 Å². The molecule has 5 heteroatoms. The molecule has 1 aliphatic rings. The fourth-order valence-corrected chi connectivity index (χ4v) is 2.28. The Morgan fingerprint density at radius 2 is 1.95 bits per heavy atom. The van der Waals surface area contributed by atoms with Crippen molar-refractivity contribution in [3.05, 3.63) is 34.9 Å². The number of carbonyl (C=O) groups is 1. The average Bonchev–Trinajstić information content (AvgIpc) is 2.42. The molecule has 4 nitrogen and oxygen atoms in total. The Labute approximate surface area is 118 Å². The fourth-order valence-electron chi connectivity index (χ4n) is 2.16. The van der Waals surface area contributed by atoms with Crippen LogP contribution in [0.15, 0.2) is 24.3 Å². The van der Waals surface area contributed by atoms with Gasteiger partial charge in [0.15, 0.2) is 0 Å². The third kappa shape index (κ3) is 3.25. The second-order valence-electron chi connectivity index (χ2n) is 4.96.